The minimum absolute atomic E-state index is 0.0990. The molecule has 0 fully saturated rings. The molecule has 0 saturated carbocycles. The van der Waals surface area contributed by atoms with Gasteiger partial charge in [-0.1, -0.05) is 17.4 Å². The first-order chi connectivity index (χ1) is 12.6. The third kappa shape index (κ3) is 3.33. The Balaban J connectivity index is 1.47. The van der Waals surface area contributed by atoms with Gasteiger partial charge in [-0.05, 0) is 31.2 Å². The number of amides is 1. The molecule has 0 atom stereocenters. The van der Waals surface area contributed by atoms with Crippen LogP contribution in [0.3, 0.4) is 0 Å². The van der Waals surface area contributed by atoms with E-state index in [9.17, 15) is 4.79 Å². The van der Waals surface area contributed by atoms with Crippen LogP contribution in [0.25, 0.3) is 20.4 Å². The summed E-state index contributed by atoms with van der Waals surface area (Å²) < 4.78 is 12.8. The van der Waals surface area contributed by atoms with E-state index in [1.165, 1.54) is 11.3 Å². The van der Waals surface area contributed by atoms with Gasteiger partial charge < -0.3 is 9.47 Å². The summed E-state index contributed by atoms with van der Waals surface area (Å²) in [6.45, 7) is 1.88. The van der Waals surface area contributed by atoms with Crippen molar-refractivity contribution in [1.29, 1.82) is 0 Å². The van der Waals surface area contributed by atoms with Crippen molar-refractivity contribution in [3.05, 3.63) is 41.4 Å². The van der Waals surface area contributed by atoms with Gasteiger partial charge in [0.2, 0.25) is 0 Å². The molecule has 2 aromatic carbocycles. The normalized spacial score (nSPS) is 11.0. The zero-order valence-corrected chi connectivity index (χ0v) is 15.7. The van der Waals surface area contributed by atoms with Crippen molar-refractivity contribution in [3.63, 3.8) is 0 Å². The van der Waals surface area contributed by atoms with Crippen LogP contribution >= 0.6 is 22.7 Å². The van der Waals surface area contributed by atoms with E-state index in [0.717, 1.165) is 25.4 Å². The molecule has 0 aliphatic carbocycles. The highest BCUT2D eigenvalue weighted by atomic mass is 32.1. The van der Waals surface area contributed by atoms with E-state index in [1.54, 1.807) is 30.6 Å². The molecule has 1 N–H and O–H groups in total. The number of aryl methyl sites for hydroxylation is 1. The van der Waals surface area contributed by atoms with E-state index in [1.807, 2.05) is 31.2 Å². The minimum Gasteiger partial charge on any atom is -0.497 e. The zero-order valence-electron chi connectivity index (χ0n) is 14.1. The highest BCUT2D eigenvalue weighted by Crippen LogP contribution is 2.35. The summed E-state index contributed by atoms with van der Waals surface area (Å²) in [6, 6.07) is 11.0. The molecule has 2 heterocycles. The number of nitrogens with zero attached hydrogens (tertiary/aromatic N) is 2. The molecule has 0 aliphatic heterocycles. The minimum atomic E-state index is -0.261. The topological polar surface area (TPSA) is 73.3 Å². The number of carbonyl (C=O) groups is 1. The van der Waals surface area contributed by atoms with E-state index in [0.29, 0.717) is 16.6 Å². The van der Waals surface area contributed by atoms with Gasteiger partial charge in [-0.15, -0.1) is 11.3 Å². The maximum atomic E-state index is 12.2. The molecule has 0 unspecified atom stereocenters. The van der Waals surface area contributed by atoms with Gasteiger partial charge in [0.05, 0.1) is 32.6 Å². The number of rotatable bonds is 5. The second kappa shape index (κ2) is 6.89. The van der Waals surface area contributed by atoms with Crippen LogP contribution < -0.4 is 14.8 Å². The Kier molecular flexibility index (Phi) is 4.44. The van der Waals surface area contributed by atoms with Crippen molar-refractivity contribution in [2.75, 3.05) is 19.0 Å². The number of thiazole rings is 2. The number of benzene rings is 2. The number of aromatic nitrogens is 2. The van der Waals surface area contributed by atoms with Crippen molar-refractivity contribution in [2.24, 2.45) is 0 Å². The largest absolute Gasteiger partial charge is 0.497 e. The summed E-state index contributed by atoms with van der Waals surface area (Å²) in [4.78, 5) is 21.1. The van der Waals surface area contributed by atoms with E-state index in [4.69, 9.17) is 9.47 Å². The quantitative estimate of drug-likeness (QED) is 0.556. The lowest BCUT2D eigenvalue weighted by Crippen LogP contribution is -2.19. The molecule has 2 aromatic heterocycles. The number of fused-ring (bicyclic) bond motifs is 3. The predicted molar refractivity (Wildman–Crippen MR) is 105 cm³/mol. The summed E-state index contributed by atoms with van der Waals surface area (Å²) in [5, 5.41) is 4.36. The molecular formula is C18H15N3O3S2. The number of nitrogens with one attached hydrogen (secondary N) is 1. The van der Waals surface area contributed by atoms with Gasteiger partial charge in [-0.3, -0.25) is 10.1 Å². The Bertz CT molecular complexity index is 1100. The molecule has 0 bridgehead atoms. The first kappa shape index (κ1) is 16.7. The molecule has 6 nitrogen and oxygen atoms in total. The average Bonchev–Trinajstić information content (AvgIpc) is 3.22. The number of carbonyl (C=O) groups excluding carboxylic acids is 1. The first-order valence-electron chi connectivity index (χ1n) is 7.86. The lowest BCUT2D eigenvalue weighted by atomic mass is 10.3. The summed E-state index contributed by atoms with van der Waals surface area (Å²) in [5.41, 5.74) is 1.82. The van der Waals surface area contributed by atoms with Crippen LogP contribution in [0.5, 0.6) is 11.5 Å². The number of ether oxygens (including phenoxy) is 2. The zero-order chi connectivity index (χ0) is 18.1. The first-order valence-corrected chi connectivity index (χ1v) is 9.49. The Hall–Kier alpha value is -2.71. The summed E-state index contributed by atoms with van der Waals surface area (Å²) >= 11 is 3.08. The molecule has 132 valence electrons. The van der Waals surface area contributed by atoms with Crippen LogP contribution in [0.15, 0.2) is 36.4 Å². The molecule has 0 spiro atoms. The predicted octanol–water partition coefficient (Wildman–Crippen LogP) is 4.24. The molecule has 8 heteroatoms. The third-order valence-corrected chi connectivity index (χ3v) is 5.81. The third-order valence-electron chi connectivity index (χ3n) is 3.68. The lowest BCUT2D eigenvalue weighted by Gasteiger charge is -2.07. The van der Waals surface area contributed by atoms with Crippen molar-refractivity contribution < 1.29 is 14.3 Å². The monoisotopic (exact) mass is 385 g/mol. The Morgan fingerprint density at radius 3 is 2.62 bits per heavy atom. The van der Waals surface area contributed by atoms with Gasteiger partial charge in [0.25, 0.3) is 5.91 Å². The van der Waals surface area contributed by atoms with Crippen molar-refractivity contribution in [3.8, 4) is 11.5 Å². The fourth-order valence-corrected chi connectivity index (χ4v) is 4.56. The highest BCUT2D eigenvalue weighted by Gasteiger charge is 2.13. The fraction of sp³-hybridized carbons (Fsp3) is 0.167. The Morgan fingerprint density at radius 2 is 1.81 bits per heavy atom. The van der Waals surface area contributed by atoms with Crippen LogP contribution in [0.4, 0.5) is 5.13 Å². The number of methoxy groups -OCH3 is 1. The second-order valence-corrected chi connectivity index (χ2v) is 7.73. The van der Waals surface area contributed by atoms with Crippen LogP contribution in [0, 0.1) is 6.92 Å². The van der Waals surface area contributed by atoms with Crippen LogP contribution in [-0.4, -0.2) is 29.6 Å². The van der Waals surface area contributed by atoms with Gasteiger partial charge in [0.1, 0.15) is 11.5 Å². The highest BCUT2D eigenvalue weighted by molar-refractivity contribution is 7.28. The molecule has 1 amide bonds. The van der Waals surface area contributed by atoms with E-state index < -0.39 is 0 Å². The Morgan fingerprint density at radius 1 is 1.08 bits per heavy atom. The smallest absolute Gasteiger partial charge is 0.264 e. The number of hydrogen-bond donors (Lipinski definition) is 1. The molecule has 0 radical (unpaired) electrons. The van der Waals surface area contributed by atoms with E-state index in [2.05, 4.69) is 15.3 Å². The molecule has 4 rings (SSSR count). The standard InChI is InChI=1S/C18H15N3O3S2/c1-10-19-13-6-7-14-17(16(13)25-10)26-18(20-14)21-15(22)9-24-12-5-3-4-11(8-12)23-2/h3-8H,9H2,1-2H3,(H,20,21,22). The van der Waals surface area contributed by atoms with Crippen LogP contribution in [0.2, 0.25) is 0 Å². The summed E-state index contributed by atoms with van der Waals surface area (Å²) in [6.07, 6.45) is 0. The number of hydrogen-bond acceptors (Lipinski definition) is 7. The summed E-state index contributed by atoms with van der Waals surface area (Å²) in [7, 11) is 1.58. The Labute approximate surface area is 157 Å². The van der Waals surface area contributed by atoms with E-state index in [-0.39, 0.29) is 12.5 Å². The molecule has 26 heavy (non-hydrogen) atoms. The van der Waals surface area contributed by atoms with Crippen LogP contribution in [-0.2, 0) is 4.79 Å². The molecule has 0 saturated heterocycles. The van der Waals surface area contributed by atoms with Gasteiger partial charge in [0.15, 0.2) is 11.7 Å². The van der Waals surface area contributed by atoms with Crippen molar-refractivity contribution in [1.82, 2.24) is 9.97 Å². The van der Waals surface area contributed by atoms with Gasteiger partial charge in [0, 0.05) is 6.07 Å². The maximum Gasteiger partial charge on any atom is 0.264 e. The van der Waals surface area contributed by atoms with Gasteiger partial charge in [-0.25, -0.2) is 9.97 Å². The summed E-state index contributed by atoms with van der Waals surface area (Å²) in [5.74, 6) is 0.993. The average molecular weight is 385 g/mol. The van der Waals surface area contributed by atoms with Gasteiger partial charge >= 0.3 is 0 Å². The van der Waals surface area contributed by atoms with Crippen molar-refractivity contribution >= 4 is 54.1 Å². The lowest BCUT2D eigenvalue weighted by molar-refractivity contribution is -0.118. The van der Waals surface area contributed by atoms with E-state index >= 15 is 0 Å². The van der Waals surface area contributed by atoms with Gasteiger partial charge in [-0.2, -0.15) is 0 Å². The van der Waals surface area contributed by atoms with Crippen LogP contribution in [0.1, 0.15) is 5.01 Å². The molecule has 0 aliphatic rings. The molecular weight excluding hydrogens is 370 g/mol. The van der Waals surface area contributed by atoms with Crippen molar-refractivity contribution in [2.45, 2.75) is 6.92 Å². The maximum absolute atomic E-state index is 12.2. The SMILES string of the molecule is COc1cccc(OCC(=O)Nc2nc3ccc4nc(C)sc4c3s2)c1. The molecule has 4 aromatic rings. The fourth-order valence-electron chi connectivity index (χ4n) is 2.53. The second-order valence-electron chi connectivity index (χ2n) is 5.53. The number of anilines is 1.